The van der Waals surface area contributed by atoms with Crippen molar-refractivity contribution in [1.82, 2.24) is 15.0 Å². The standard InChI is InChI=1S/C17H12N4OS/c22-17(11-2-1-4-18-7-11)21-15-9-20-16-14(15)6-13(8-19-16)12-3-5-23-10-12/h1-10H,(H,19,20)(H,21,22). The van der Waals surface area contributed by atoms with Gasteiger partial charge in [0, 0.05) is 35.7 Å². The fourth-order valence-electron chi connectivity index (χ4n) is 2.38. The molecule has 0 aliphatic rings. The number of nitrogens with one attached hydrogen (secondary N) is 2. The smallest absolute Gasteiger partial charge is 0.257 e. The van der Waals surface area contributed by atoms with Gasteiger partial charge in [0.25, 0.3) is 5.91 Å². The second kappa shape index (κ2) is 5.66. The van der Waals surface area contributed by atoms with Crippen LogP contribution in [0.4, 0.5) is 5.69 Å². The van der Waals surface area contributed by atoms with Crippen LogP contribution in [0.1, 0.15) is 10.4 Å². The third kappa shape index (κ3) is 2.60. The highest BCUT2D eigenvalue weighted by atomic mass is 32.1. The molecule has 2 N–H and O–H groups in total. The summed E-state index contributed by atoms with van der Waals surface area (Å²) in [4.78, 5) is 23.8. The van der Waals surface area contributed by atoms with Crippen LogP contribution in [0.25, 0.3) is 22.2 Å². The maximum Gasteiger partial charge on any atom is 0.257 e. The van der Waals surface area contributed by atoms with E-state index in [-0.39, 0.29) is 5.91 Å². The molecule has 4 heterocycles. The van der Waals surface area contributed by atoms with Crippen LogP contribution in [0.2, 0.25) is 0 Å². The lowest BCUT2D eigenvalue weighted by Gasteiger charge is -2.04. The van der Waals surface area contributed by atoms with E-state index in [0.717, 1.165) is 22.2 Å². The lowest BCUT2D eigenvalue weighted by molar-refractivity contribution is 0.102. The third-order valence-corrected chi connectivity index (χ3v) is 4.24. The van der Waals surface area contributed by atoms with E-state index >= 15 is 0 Å². The predicted molar refractivity (Wildman–Crippen MR) is 91.6 cm³/mol. The van der Waals surface area contributed by atoms with Crippen LogP contribution < -0.4 is 5.32 Å². The molecule has 0 atom stereocenters. The van der Waals surface area contributed by atoms with Gasteiger partial charge in [-0.25, -0.2) is 4.98 Å². The van der Waals surface area contributed by atoms with Crippen molar-refractivity contribution in [1.29, 1.82) is 0 Å². The van der Waals surface area contributed by atoms with Crippen LogP contribution in [0.5, 0.6) is 0 Å². The number of amides is 1. The second-order valence-corrected chi connectivity index (χ2v) is 5.81. The van der Waals surface area contributed by atoms with Crippen molar-refractivity contribution in [2.75, 3.05) is 5.32 Å². The van der Waals surface area contributed by atoms with E-state index in [1.807, 2.05) is 23.7 Å². The Bertz CT molecular complexity index is 961. The molecule has 0 unspecified atom stereocenters. The maximum atomic E-state index is 12.3. The Morgan fingerprint density at radius 1 is 1.22 bits per heavy atom. The maximum absolute atomic E-state index is 12.3. The van der Waals surface area contributed by atoms with Crippen LogP contribution in [0, 0.1) is 0 Å². The Morgan fingerprint density at radius 3 is 2.96 bits per heavy atom. The number of carbonyl (C=O) groups excluding carboxylic acids is 1. The number of hydrogen-bond donors (Lipinski definition) is 2. The minimum Gasteiger partial charge on any atom is -0.344 e. The quantitative estimate of drug-likeness (QED) is 0.600. The van der Waals surface area contributed by atoms with Gasteiger partial charge in [0.05, 0.1) is 11.3 Å². The molecule has 0 fully saturated rings. The summed E-state index contributed by atoms with van der Waals surface area (Å²) < 4.78 is 0. The van der Waals surface area contributed by atoms with E-state index in [1.165, 1.54) is 0 Å². The topological polar surface area (TPSA) is 70.7 Å². The zero-order valence-corrected chi connectivity index (χ0v) is 12.8. The molecule has 0 aromatic carbocycles. The molecular weight excluding hydrogens is 308 g/mol. The van der Waals surface area contributed by atoms with Crippen molar-refractivity contribution in [3.8, 4) is 11.1 Å². The van der Waals surface area contributed by atoms with Crippen molar-refractivity contribution in [2.45, 2.75) is 0 Å². The molecular formula is C17H12N4OS. The summed E-state index contributed by atoms with van der Waals surface area (Å²) >= 11 is 1.64. The highest BCUT2D eigenvalue weighted by Gasteiger charge is 2.11. The molecule has 0 aliphatic heterocycles. The molecule has 0 spiro atoms. The van der Waals surface area contributed by atoms with E-state index in [1.54, 1.807) is 42.1 Å². The number of H-pyrrole nitrogens is 1. The van der Waals surface area contributed by atoms with Crippen molar-refractivity contribution in [3.63, 3.8) is 0 Å². The van der Waals surface area contributed by atoms with Gasteiger partial charge in [0.1, 0.15) is 5.65 Å². The monoisotopic (exact) mass is 320 g/mol. The molecule has 5 nitrogen and oxygen atoms in total. The van der Waals surface area contributed by atoms with Gasteiger partial charge in [-0.1, -0.05) is 0 Å². The van der Waals surface area contributed by atoms with Crippen LogP contribution in [-0.4, -0.2) is 20.9 Å². The summed E-state index contributed by atoms with van der Waals surface area (Å²) in [6.45, 7) is 0. The van der Waals surface area contributed by atoms with Gasteiger partial charge in [-0.15, -0.1) is 0 Å². The number of thiophene rings is 1. The van der Waals surface area contributed by atoms with Crippen molar-refractivity contribution in [3.05, 3.63) is 65.4 Å². The SMILES string of the molecule is O=C(Nc1c[nH]c2ncc(-c3ccsc3)cc12)c1cccnc1. The zero-order valence-electron chi connectivity index (χ0n) is 12.0. The summed E-state index contributed by atoms with van der Waals surface area (Å²) in [7, 11) is 0. The first kappa shape index (κ1) is 13.7. The minimum absolute atomic E-state index is 0.195. The average molecular weight is 320 g/mol. The Hall–Kier alpha value is -2.99. The van der Waals surface area contributed by atoms with E-state index in [9.17, 15) is 4.79 Å². The van der Waals surface area contributed by atoms with Crippen LogP contribution in [0.3, 0.4) is 0 Å². The zero-order chi connectivity index (χ0) is 15.6. The summed E-state index contributed by atoms with van der Waals surface area (Å²) in [5, 5.41) is 7.89. The number of aromatic nitrogens is 3. The summed E-state index contributed by atoms with van der Waals surface area (Å²) in [6.07, 6.45) is 6.76. The number of hydrogen-bond acceptors (Lipinski definition) is 4. The van der Waals surface area contributed by atoms with E-state index in [0.29, 0.717) is 11.3 Å². The second-order valence-electron chi connectivity index (χ2n) is 5.03. The van der Waals surface area contributed by atoms with Crippen molar-refractivity contribution >= 4 is 34.0 Å². The fraction of sp³-hybridized carbons (Fsp3) is 0. The molecule has 0 bridgehead atoms. The van der Waals surface area contributed by atoms with Crippen LogP contribution in [-0.2, 0) is 0 Å². The Kier molecular flexibility index (Phi) is 3.36. The Balaban J connectivity index is 1.70. The lowest BCUT2D eigenvalue weighted by atomic mass is 10.1. The largest absolute Gasteiger partial charge is 0.344 e. The van der Waals surface area contributed by atoms with Gasteiger partial charge in [-0.2, -0.15) is 11.3 Å². The minimum atomic E-state index is -0.195. The molecule has 23 heavy (non-hydrogen) atoms. The van der Waals surface area contributed by atoms with Crippen LogP contribution in [0.15, 0.2) is 59.8 Å². The number of rotatable bonds is 3. The normalized spacial score (nSPS) is 10.8. The highest BCUT2D eigenvalue weighted by Crippen LogP contribution is 2.28. The first-order valence-electron chi connectivity index (χ1n) is 7.02. The molecule has 4 rings (SSSR count). The molecule has 0 saturated carbocycles. The van der Waals surface area contributed by atoms with Gasteiger partial charge in [0.15, 0.2) is 0 Å². The average Bonchev–Trinajstić information content (AvgIpc) is 3.25. The van der Waals surface area contributed by atoms with Gasteiger partial charge in [-0.3, -0.25) is 9.78 Å². The highest BCUT2D eigenvalue weighted by molar-refractivity contribution is 7.08. The number of carbonyl (C=O) groups is 1. The Morgan fingerprint density at radius 2 is 2.17 bits per heavy atom. The fourth-order valence-corrected chi connectivity index (χ4v) is 3.05. The molecule has 6 heteroatoms. The first-order valence-corrected chi connectivity index (χ1v) is 7.96. The molecule has 4 aromatic heterocycles. The summed E-state index contributed by atoms with van der Waals surface area (Å²) in [6, 6.07) is 7.54. The predicted octanol–water partition coefficient (Wildman–Crippen LogP) is 3.94. The number of aromatic amines is 1. The van der Waals surface area contributed by atoms with Gasteiger partial charge in [0.2, 0.25) is 0 Å². The molecule has 0 radical (unpaired) electrons. The van der Waals surface area contributed by atoms with Gasteiger partial charge >= 0.3 is 0 Å². The van der Waals surface area contributed by atoms with Crippen LogP contribution >= 0.6 is 11.3 Å². The molecule has 0 aliphatic carbocycles. The van der Waals surface area contributed by atoms with E-state index < -0.39 is 0 Å². The number of anilines is 1. The molecule has 0 saturated heterocycles. The van der Waals surface area contributed by atoms with Gasteiger partial charge < -0.3 is 10.3 Å². The van der Waals surface area contributed by atoms with Crippen molar-refractivity contribution < 1.29 is 4.79 Å². The number of nitrogens with zero attached hydrogens (tertiary/aromatic N) is 2. The lowest BCUT2D eigenvalue weighted by Crippen LogP contribution is -2.11. The number of fused-ring (bicyclic) bond motifs is 1. The van der Waals surface area contributed by atoms with E-state index in [4.69, 9.17) is 0 Å². The summed E-state index contributed by atoms with van der Waals surface area (Å²) in [5.41, 5.74) is 4.11. The Labute approximate surface area is 136 Å². The molecule has 112 valence electrons. The van der Waals surface area contributed by atoms with E-state index in [2.05, 4.69) is 25.6 Å². The summed E-state index contributed by atoms with van der Waals surface area (Å²) in [5.74, 6) is -0.195. The number of pyridine rings is 2. The molecule has 1 amide bonds. The third-order valence-electron chi connectivity index (χ3n) is 3.56. The molecule has 4 aromatic rings. The first-order chi connectivity index (χ1) is 11.3. The van der Waals surface area contributed by atoms with Gasteiger partial charge in [-0.05, 0) is 40.6 Å². The van der Waals surface area contributed by atoms with Crippen molar-refractivity contribution in [2.24, 2.45) is 0 Å².